The normalized spacial score (nSPS) is 24.7. The molecule has 1 N–H and O–H groups in total. The Morgan fingerprint density at radius 1 is 1.43 bits per heavy atom. The molecule has 0 bridgehead atoms. The Hall–Kier alpha value is -1.52. The molecule has 5 nitrogen and oxygen atoms in total. The van der Waals surface area contributed by atoms with Crippen molar-refractivity contribution in [3.8, 4) is 0 Å². The summed E-state index contributed by atoms with van der Waals surface area (Å²) >= 11 is 0. The summed E-state index contributed by atoms with van der Waals surface area (Å²) in [6, 6.07) is 0.541. The first-order valence-corrected chi connectivity index (χ1v) is 8.79. The fourth-order valence-corrected chi connectivity index (χ4v) is 3.62. The van der Waals surface area contributed by atoms with E-state index in [9.17, 15) is 4.79 Å². The summed E-state index contributed by atoms with van der Waals surface area (Å²) in [6.07, 6.45) is 8.06. The molecule has 1 aromatic rings. The second-order valence-electron chi connectivity index (χ2n) is 7.64. The molecule has 130 valence electrons. The maximum absolute atomic E-state index is 11.7. The Labute approximate surface area is 139 Å². The maximum Gasteiger partial charge on any atom is 0.407 e. The number of rotatable bonds is 5. The van der Waals surface area contributed by atoms with E-state index >= 15 is 0 Å². The van der Waals surface area contributed by atoms with Crippen LogP contribution in [0.3, 0.4) is 0 Å². The SMILES string of the molecule is CCC1CCC(n2cncc2CCNC(=O)OC(C)(C)C)C1C. The molecule has 0 aromatic carbocycles. The van der Waals surface area contributed by atoms with Crippen molar-refractivity contribution in [1.29, 1.82) is 0 Å². The van der Waals surface area contributed by atoms with Gasteiger partial charge in [-0.3, -0.25) is 0 Å². The molecular formula is C18H31N3O2. The van der Waals surface area contributed by atoms with Gasteiger partial charge >= 0.3 is 6.09 Å². The van der Waals surface area contributed by atoms with Gasteiger partial charge in [-0.2, -0.15) is 0 Å². The van der Waals surface area contributed by atoms with Crippen LogP contribution in [0.15, 0.2) is 12.5 Å². The minimum atomic E-state index is -0.458. The van der Waals surface area contributed by atoms with Crippen LogP contribution in [-0.2, 0) is 11.2 Å². The molecule has 2 rings (SSSR count). The van der Waals surface area contributed by atoms with Crippen LogP contribution in [0, 0.1) is 11.8 Å². The Morgan fingerprint density at radius 2 is 2.17 bits per heavy atom. The molecule has 1 aliphatic carbocycles. The average Bonchev–Trinajstić information content (AvgIpc) is 3.03. The average molecular weight is 321 g/mol. The van der Waals surface area contributed by atoms with Crippen LogP contribution >= 0.6 is 0 Å². The van der Waals surface area contributed by atoms with E-state index in [1.54, 1.807) is 0 Å². The number of carbonyl (C=O) groups is 1. The van der Waals surface area contributed by atoms with Gasteiger partial charge in [0.15, 0.2) is 0 Å². The lowest BCUT2D eigenvalue weighted by atomic mass is 9.93. The molecule has 0 aliphatic heterocycles. The maximum atomic E-state index is 11.7. The zero-order chi connectivity index (χ0) is 17.0. The summed E-state index contributed by atoms with van der Waals surface area (Å²) < 4.78 is 7.58. The summed E-state index contributed by atoms with van der Waals surface area (Å²) in [4.78, 5) is 16.0. The van der Waals surface area contributed by atoms with Crippen molar-refractivity contribution >= 4 is 6.09 Å². The third kappa shape index (κ3) is 4.72. The highest BCUT2D eigenvalue weighted by Crippen LogP contribution is 2.42. The van der Waals surface area contributed by atoms with Gasteiger partial charge in [-0.1, -0.05) is 20.3 Å². The number of nitrogens with one attached hydrogen (secondary N) is 1. The first-order chi connectivity index (χ1) is 10.8. The molecule has 5 heteroatoms. The third-order valence-electron chi connectivity index (χ3n) is 4.86. The lowest BCUT2D eigenvalue weighted by molar-refractivity contribution is 0.0528. The van der Waals surface area contributed by atoms with E-state index in [4.69, 9.17) is 4.74 Å². The van der Waals surface area contributed by atoms with Gasteiger partial charge in [0.2, 0.25) is 0 Å². The van der Waals surface area contributed by atoms with Crippen molar-refractivity contribution in [1.82, 2.24) is 14.9 Å². The van der Waals surface area contributed by atoms with Crippen molar-refractivity contribution < 1.29 is 9.53 Å². The van der Waals surface area contributed by atoms with E-state index in [1.165, 1.54) is 25.0 Å². The molecule has 1 amide bonds. The Bertz CT molecular complexity index is 519. The predicted molar refractivity (Wildman–Crippen MR) is 91.4 cm³/mol. The Morgan fingerprint density at radius 3 is 2.78 bits per heavy atom. The van der Waals surface area contributed by atoms with Crippen LogP contribution in [0.25, 0.3) is 0 Å². The number of aromatic nitrogens is 2. The second-order valence-corrected chi connectivity index (χ2v) is 7.64. The highest BCUT2D eigenvalue weighted by molar-refractivity contribution is 5.67. The van der Waals surface area contributed by atoms with Crippen LogP contribution in [-0.4, -0.2) is 27.8 Å². The van der Waals surface area contributed by atoms with E-state index < -0.39 is 5.60 Å². The zero-order valence-corrected chi connectivity index (χ0v) is 15.1. The van der Waals surface area contributed by atoms with Crippen LogP contribution in [0.1, 0.15) is 65.6 Å². The number of hydrogen-bond donors (Lipinski definition) is 1. The minimum Gasteiger partial charge on any atom is -0.444 e. The van der Waals surface area contributed by atoms with Crippen LogP contribution in [0.5, 0.6) is 0 Å². The topological polar surface area (TPSA) is 56.2 Å². The smallest absolute Gasteiger partial charge is 0.407 e. The van der Waals surface area contributed by atoms with Crippen molar-refractivity contribution in [2.75, 3.05) is 6.54 Å². The number of carbonyl (C=O) groups excluding carboxylic acids is 1. The van der Waals surface area contributed by atoms with Crippen LogP contribution in [0.2, 0.25) is 0 Å². The predicted octanol–water partition coefficient (Wildman–Crippen LogP) is 3.95. The molecule has 1 fully saturated rings. The number of ether oxygens (including phenoxy) is 1. The minimum absolute atomic E-state index is 0.358. The molecule has 23 heavy (non-hydrogen) atoms. The summed E-state index contributed by atoms with van der Waals surface area (Å²) in [6.45, 7) is 10.8. The van der Waals surface area contributed by atoms with E-state index in [2.05, 4.69) is 28.7 Å². The summed E-state index contributed by atoms with van der Waals surface area (Å²) in [5.41, 5.74) is 0.731. The van der Waals surface area contributed by atoms with Crippen molar-refractivity contribution in [3.05, 3.63) is 18.2 Å². The molecule has 0 radical (unpaired) electrons. The van der Waals surface area contributed by atoms with E-state index in [-0.39, 0.29) is 6.09 Å². The Kier molecular flexibility index (Phi) is 5.71. The summed E-state index contributed by atoms with van der Waals surface area (Å²) in [7, 11) is 0. The third-order valence-corrected chi connectivity index (χ3v) is 4.86. The van der Waals surface area contributed by atoms with E-state index in [1.807, 2.05) is 33.3 Å². The number of imidazole rings is 1. The van der Waals surface area contributed by atoms with Crippen LogP contribution in [0.4, 0.5) is 4.79 Å². The van der Waals surface area contributed by atoms with Gasteiger partial charge in [0.25, 0.3) is 0 Å². The highest BCUT2D eigenvalue weighted by atomic mass is 16.6. The van der Waals surface area contributed by atoms with E-state index in [0.29, 0.717) is 18.5 Å². The standard InChI is InChI=1S/C18H31N3O2/c1-6-14-7-8-16(13(14)2)21-12-19-11-15(21)9-10-20-17(22)23-18(3,4)5/h11-14,16H,6-10H2,1-5H3,(H,20,22). The number of alkyl carbamates (subject to hydrolysis) is 1. The van der Waals surface area contributed by atoms with Crippen LogP contribution < -0.4 is 5.32 Å². The molecular weight excluding hydrogens is 290 g/mol. The van der Waals surface area contributed by atoms with Gasteiger partial charge in [0, 0.05) is 30.9 Å². The van der Waals surface area contributed by atoms with Gasteiger partial charge in [0.1, 0.15) is 5.60 Å². The number of nitrogens with zero attached hydrogens (tertiary/aromatic N) is 2. The van der Waals surface area contributed by atoms with Crippen molar-refractivity contribution in [3.63, 3.8) is 0 Å². The van der Waals surface area contributed by atoms with Gasteiger partial charge in [-0.25, -0.2) is 9.78 Å². The molecule has 1 aliphatic rings. The Balaban J connectivity index is 1.88. The molecule has 1 aromatic heterocycles. The quantitative estimate of drug-likeness (QED) is 0.893. The summed E-state index contributed by atoms with van der Waals surface area (Å²) in [5.74, 6) is 1.50. The second kappa shape index (κ2) is 7.37. The van der Waals surface area contributed by atoms with E-state index in [0.717, 1.165) is 12.3 Å². The molecule has 3 atom stereocenters. The number of amides is 1. The first kappa shape index (κ1) is 17.8. The van der Waals surface area contributed by atoms with Gasteiger partial charge < -0.3 is 14.6 Å². The van der Waals surface area contributed by atoms with Crippen molar-refractivity contribution in [2.45, 2.75) is 71.9 Å². The molecule has 1 saturated carbocycles. The largest absolute Gasteiger partial charge is 0.444 e. The molecule has 3 unspecified atom stereocenters. The molecule has 1 heterocycles. The highest BCUT2D eigenvalue weighted by Gasteiger charge is 2.33. The lowest BCUT2D eigenvalue weighted by Gasteiger charge is -2.23. The lowest BCUT2D eigenvalue weighted by Crippen LogP contribution is -2.33. The van der Waals surface area contributed by atoms with Gasteiger partial charge in [-0.05, 0) is 45.4 Å². The first-order valence-electron chi connectivity index (χ1n) is 8.79. The molecule has 0 spiro atoms. The monoisotopic (exact) mass is 321 g/mol. The molecule has 0 saturated heterocycles. The number of hydrogen-bond acceptors (Lipinski definition) is 3. The fourth-order valence-electron chi connectivity index (χ4n) is 3.62. The van der Waals surface area contributed by atoms with Gasteiger partial charge in [0.05, 0.1) is 6.33 Å². The van der Waals surface area contributed by atoms with Crippen molar-refractivity contribution in [2.24, 2.45) is 11.8 Å². The fraction of sp³-hybridized carbons (Fsp3) is 0.778. The van der Waals surface area contributed by atoms with Gasteiger partial charge in [-0.15, -0.1) is 0 Å². The zero-order valence-electron chi connectivity index (χ0n) is 15.1. The summed E-state index contributed by atoms with van der Waals surface area (Å²) in [5, 5.41) is 2.82.